The summed E-state index contributed by atoms with van der Waals surface area (Å²) in [5, 5.41) is 3.50. The zero-order chi connectivity index (χ0) is 24.9. The molecule has 0 radical (unpaired) electrons. The highest BCUT2D eigenvalue weighted by Crippen LogP contribution is 2.47. The van der Waals surface area contributed by atoms with Crippen LogP contribution in [0.15, 0.2) is 36.5 Å². The number of epoxide rings is 1. The Labute approximate surface area is 210 Å². The number of benzene rings is 1. The lowest BCUT2D eigenvalue weighted by molar-refractivity contribution is -0.132. The van der Waals surface area contributed by atoms with Gasteiger partial charge in [-0.15, -0.1) is 0 Å². The number of hydrogen-bond donors (Lipinski definition) is 1. The molecule has 3 fully saturated rings. The van der Waals surface area contributed by atoms with Crippen LogP contribution in [0.4, 0.5) is 31.7 Å². The number of pyridine rings is 1. The van der Waals surface area contributed by atoms with Crippen LogP contribution in [0.5, 0.6) is 0 Å². The van der Waals surface area contributed by atoms with E-state index in [1.54, 1.807) is 13.3 Å². The van der Waals surface area contributed by atoms with Crippen molar-refractivity contribution in [3.63, 3.8) is 0 Å². The van der Waals surface area contributed by atoms with Gasteiger partial charge in [0.1, 0.15) is 18.0 Å². The summed E-state index contributed by atoms with van der Waals surface area (Å²) in [6, 6.07) is 10.2. The summed E-state index contributed by atoms with van der Waals surface area (Å²) in [6.45, 7) is 1.11. The number of hydrogen-bond acceptors (Lipinski definition) is 7. The Morgan fingerprint density at radius 3 is 2.72 bits per heavy atom. The molecule has 0 spiro atoms. The third kappa shape index (κ3) is 4.41. The molecule has 3 atom stereocenters. The Morgan fingerprint density at radius 2 is 1.94 bits per heavy atom. The van der Waals surface area contributed by atoms with Crippen LogP contribution >= 0.6 is 0 Å². The summed E-state index contributed by atoms with van der Waals surface area (Å²) in [7, 11) is 3.16. The first-order valence-electron chi connectivity index (χ1n) is 12.9. The maximum atomic E-state index is 14.3. The number of methoxy groups -OCH3 is 2. The lowest BCUT2D eigenvalue weighted by atomic mass is 9.85. The predicted molar refractivity (Wildman–Crippen MR) is 134 cm³/mol. The third-order valence-corrected chi connectivity index (χ3v) is 8.32. The summed E-state index contributed by atoms with van der Waals surface area (Å²) in [4.78, 5) is 8.88. The molecule has 0 bridgehead atoms. The Hall–Kier alpha value is -2.49. The molecule has 4 heterocycles. The van der Waals surface area contributed by atoms with E-state index in [-0.39, 0.29) is 31.8 Å². The van der Waals surface area contributed by atoms with E-state index >= 15 is 0 Å². The molecule has 36 heavy (non-hydrogen) atoms. The molecule has 2 unspecified atom stereocenters. The summed E-state index contributed by atoms with van der Waals surface area (Å²) in [5.74, 6) is -1.46. The molecule has 6 rings (SSSR count). The molecule has 1 aliphatic carbocycles. The molecular weight excluding hydrogens is 466 g/mol. The van der Waals surface area contributed by atoms with Crippen LogP contribution in [0, 0.1) is 5.92 Å². The van der Waals surface area contributed by atoms with Gasteiger partial charge in [-0.3, -0.25) is 0 Å². The van der Waals surface area contributed by atoms with E-state index in [4.69, 9.17) is 14.2 Å². The quantitative estimate of drug-likeness (QED) is 0.584. The maximum Gasteiger partial charge on any atom is 0.277 e. The van der Waals surface area contributed by atoms with Gasteiger partial charge in [0.15, 0.2) is 6.23 Å². The van der Waals surface area contributed by atoms with Crippen LogP contribution in [0.3, 0.4) is 0 Å². The first kappa shape index (κ1) is 23.9. The van der Waals surface area contributed by atoms with Gasteiger partial charge in [0, 0.05) is 51.2 Å². The molecule has 4 aliphatic rings. The fourth-order valence-corrected chi connectivity index (χ4v) is 6.08. The van der Waals surface area contributed by atoms with E-state index in [1.807, 2.05) is 23.1 Å². The van der Waals surface area contributed by atoms with Gasteiger partial charge < -0.3 is 29.3 Å². The lowest BCUT2D eigenvalue weighted by Crippen LogP contribution is -2.51. The van der Waals surface area contributed by atoms with Crippen molar-refractivity contribution in [2.75, 3.05) is 42.4 Å². The first-order valence-corrected chi connectivity index (χ1v) is 12.9. The van der Waals surface area contributed by atoms with Crippen molar-refractivity contribution in [3.05, 3.63) is 42.1 Å². The number of nitrogens with one attached hydrogen (secondary N) is 1. The fourth-order valence-electron chi connectivity index (χ4n) is 6.08. The van der Waals surface area contributed by atoms with Crippen molar-refractivity contribution >= 4 is 22.9 Å². The predicted octanol–water partition coefficient (Wildman–Crippen LogP) is 4.94. The summed E-state index contributed by atoms with van der Waals surface area (Å²) >= 11 is 0. The molecule has 2 saturated heterocycles. The van der Waals surface area contributed by atoms with Crippen LogP contribution in [0.25, 0.3) is 0 Å². The molecule has 0 amide bonds. The fraction of sp³-hybridized carbons (Fsp3) is 0.593. The van der Waals surface area contributed by atoms with E-state index in [9.17, 15) is 8.78 Å². The minimum Gasteiger partial charge on any atom is -0.381 e. The Morgan fingerprint density at radius 1 is 1.11 bits per heavy atom. The third-order valence-electron chi connectivity index (χ3n) is 8.32. The number of piperidine rings is 1. The second kappa shape index (κ2) is 9.43. The molecule has 1 aromatic heterocycles. The van der Waals surface area contributed by atoms with E-state index in [2.05, 4.69) is 27.3 Å². The SMILES string of the molecule is COC1CCC([C@H]2OC2N2Cc3cccnc3Nc3ccc(N4CCC(F)(F)C(OC)C4)cc32)CC1. The molecule has 7 nitrogen and oxygen atoms in total. The van der Waals surface area contributed by atoms with Gasteiger partial charge in [-0.2, -0.15) is 0 Å². The zero-order valence-electron chi connectivity index (χ0n) is 20.8. The summed E-state index contributed by atoms with van der Waals surface area (Å²) in [6.07, 6.45) is 5.33. The minimum absolute atomic E-state index is 0.0199. The van der Waals surface area contributed by atoms with Crippen molar-refractivity contribution in [3.8, 4) is 0 Å². The molecule has 2 aromatic rings. The van der Waals surface area contributed by atoms with Gasteiger partial charge >= 0.3 is 0 Å². The average molecular weight is 501 g/mol. The highest BCUT2D eigenvalue weighted by atomic mass is 19.3. The number of rotatable bonds is 5. The number of aromatic nitrogens is 1. The smallest absolute Gasteiger partial charge is 0.277 e. The van der Waals surface area contributed by atoms with Crippen LogP contribution in [0.2, 0.25) is 0 Å². The van der Waals surface area contributed by atoms with Crippen molar-refractivity contribution in [2.45, 2.75) is 69.1 Å². The molecule has 194 valence electrons. The molecule has 1 aromatic carbocycles. The molecule has 3 aliphatic heterocycles. The highest BCUT2D eigenvalue weighted by Gasteiger charge is 2.50. The topological polar surface area (TPSA) is 62.4 Å². The van der Waals surface area contributed by atoms with Crippen LogP contribution in [-0.4, -0.2) is 62.8 Å². The van der Waals surface area contributed by atoms with Gasteiger partial charge in [0.05, 0.1) is 24.0 Å². The van der Waals surface area contributed by atoms with Crippen LogP contribution < -0.4 is 15.1 Å². The molecule has 1 saturated carbocycles. The second-order valence-electron chi connectivity index (χ2n) is 10.4. The molecule has 9 heteroatoms. The number of ether oxygens (including phenoxy) is 3. The van der Waals surface area contributed by atoms with E-state index < -0.39 is 12.0 Å². The number of fused-ring (bicyclic) bond motifs is 2. The molecule has 1 N–H and O–H groups in total. The van der Waals surface area contributed by atoms with Crippen molar-refractivity contribution in [1.29, 1.82) is 0 Å². The molecular formula is C27H34F2N4O3. The minimum atomic E-state index is -2.81. The van der Waals surface area contributed by atoms with Gasteiger partial charge in [0.2, 0.25) is 0 Å². The first-order chi connectivity index (χ1) is 17.5. The standard InChI is InChI=1S/C27H34F2N4O3/c1-34-20-8-5-17(6-9-20)24-26(36-24)33-15-18-4-3-12-30-25(18)31-21-10-7-19(14-22(21)33)32-13-11-27(28,29)23(16-32)35-2/h3-4,7,10,12,14,17,20,23-24,26H,5-6,8-9,11,13,15-16H2,1-2H3,(H,30,31)/t17?,20?,23?,24-,26?/m1/s1. The number of alkyl halides is 2. The number of anilines is 4. The van der Waals surface area contributed by atoms with E-state index in [1.165, 1.54) is 7.11 Å². The van der Waals surface area contributed by atoms with Gasteiger partial charge in [-0.05, 0) is 55.9 Å². The number of nitrogens with zero attached hydrogens (tertiary/aromatic N) is 3. The van der Waals surface area contributed by atoms with Crippen molar-refractivity contribution in [1.82, 2.24) is 4.98 Å². The van der Waals surface area contributed by atoms with Crippen molar-refractivity contribution in [2.24, 2.45) is 5.92 Å². The monoisotopic (exact) mass is 500 g/mol. The average Bonchev–Trinajstić information content (AvgIpc) is 3.70. The second-order valence-corrected chi connectivity index (χ2v) is 10.4. The van der Waals surface area contributed by atoms with E-state index in [0.717, 1.165) is 54.1 Å². The Balaban J connectivity index is 1.28. The largest absolute Gasteiger partial charge is 0.381 e. The summed E-state index contributed by atoms with van der Waals surface area (Å²) < 4.78 is 45.6. The Kier molecular flexibility index (Phi) is 6.25. The van der Waals surface area contributed by atoms with Crippen LogP contribution in [-0.2, 0) is 20.8 Å². The van der Waals surface area contributed by atoms with Gasteiger partial charge in [-0.1, -0.05) is 6.07 Å². The zero-order valence-corrected chi connectivity index (χ0v) is 20.8. The van der Waals surface area contributed by atoms with E-state index in [0.29, 0.717) is 18.6 Å². The van der Waals surface area contributed by atoms with Gasteiger partial charge in [0.25, 0.3) is 5.92 Å². The summed E-state index contributed by atoms with van der Waals surface area (Å²) in [5.41, 5.74) is 3.97. The number of halogens is 2. The normalized spacial score (nSPS) is 31.2. The van der Waals surface area contributed by atoms with Crippen LogP contribution in [0.1, 0.15) is 37.7 Å². The maximum absolute atomic E-state index is 14.3. The van der Waals surface area contributed by atoms with Gasteiger partial charge in [-0.25, -0.2) is 13.8 Å². The highest BCUT2D eigenvalue weighted by molar-refractivity contribution is 5.81. The Bertz CT molecular complexity index is 1090. The lowest BCUT2D eigenvalue weighted by Gasteiger charge is -2.39. The van der Waals surface area contributed by atoms with Crippen molar-refractivity contribution < 1.29 is 23.0 Å².